The lowest BCUT2D eigenvalue weighted by molar-refractivity contribution is -0.123. The molecular formula is C20H22N2O3. The Labute approximate surface area is 147 Å². The molecule has 1 aromatic carbocycles. The zero-order valence-electron chi connectivity index (χ0n) is 14.1. The lowest BCUT2D eigenvalue weighted by Crippen LogP contribution is -2.44. The molecule has 0 N–H and O–H groups in total. The van der Waals surface area contributed by atoms with E-state index < -0.39 is 0 Å². The van der Waals surface area contributed by atoms with Crippen LogP contribution in [-0.2, 0) is 4.79 Å². The molecule has 1 aliphatic rings. The van der Waals surface area contributed by atoms with Crippen LogP contribution in [0.5, 0.6) is 0 Å². The van der Waals surface area contributed by atoms with Crippen LogP contribution in [0.25, 0.3) is 0 Å². The Morgan fingerprint density at radius 1 is 1.20 bits per heavy atom. The van der Waals surface area contributed by atoms with Gasteiger partial charge < -0.3 is 14.2 Å². The maximum absolute atomic E-state index is 13.0. The summed E-state index contributed by atoms with van der Waals surface area (Å²) in [5.74, 6) is -0.0132. The first kappa shape index (κ1) is 17.0. The molecule has 5 nitrogen and oxygen atoms in total. The van der Waals surface area contributed by atoms with Crippen LogP contribution in [0.3, 0.4) is 0 Å². The highest BCUT2D eigenvalue weighted by Crippen LogP contribution is 2.24. The Bertz CT molecular complexity index is 717. The molecule has 2 aromatic rings. The van der Waals surface area contributed by atoms with Crippen molar-refractivity contribution in [1.29, 1.82) is 0 Å². The van der Waals surface area contributed by atoms with Crippen molar-refractivity contribution in [2.45, 2.75) is 12.8 Å². The van der Waals surface area contributed by atoms with Gasteiger partial charge in [-0.2, -0.15) is 0 Å². The molecule has 25 heavy (non-hydrogen) atoms. The van der Waals surface area contributed by atoms with Gasteiger partial charge in [0.2, 0.25) is 5.91 Å². The van der Waals surface area contributed by atoms with Crippen molar-refractivity contribution < 1.29 is 14.0 Å². The van der Waals surface area contributed by atoms with Crippen LogP contribution in [0.2, 0.25) is 0 Å². The molecule has 0 unspecified atom stereocenters. The summed E-state index contributed by atoms with van der Waals surface area (Å²) in [6.45, 7) is 5.41. The van der Waals surface area contributed by atoms with Crippen LogP contribution < -0.4 is 4.90 Å². The molecule has 1 aromatic heterocycles. The van der Waals surface area contributed by atoms with Gasteiger partial charge in [0.25, 0.3) is 5.91 Å². The third-order valence-corrected chi connectivity index (χ3v) is 4.55. The minimum Gasteiger partial charge on any atom is -0.472 e. The van der Waals surface area contributed by atoms with E-state index in [4.69, 9.17) is 4.42 Å². The number of anilines is 1. The van der Waals surface area contributed by atoms with Gasteiger partial charge in [0, 0.05) is 31.2 Å². The number of carbonyl (C=O) groups excluding carboxylic acids is 2. The topological polar surface area (TPSA) is 53.8 Å². The van der Waals surface area contributed by atoms with E-state index >= 15 is 0 Å². The summed E-state index contributed by atoms with van der Waals surface area (Å²) in [7, 11) is 0. The number of benzene rings is 1. The Kier molecular flexibility index (Phi) is 5.33. The van der Waals surface area contributed by atoms with Crippen molar-refractivity contribution >= 4 is 17.5 Å². The Morgan fingerprint density at radius 2 is 1.92 bits per heavy atom. The second-order valence-electron chi connectivity index (χ2n) is 6.15. The third kappa shape index (κ3) is 3.82. The van der Waals surface area contributed by atoms with E-state index in [2.05, 4.69) is 6.58 Å². The molecule has 0 aliphatic carbocycles. The first-order valence-electron chi connectivity index (χ1n) is 8.49. The molecule has 3 rings (SSSR count). The average Bonchev–Trinajstić information content (AvgIpc) is 3.20. The highest BCUT2D eigenvalue weighted by Gasteiger charge is 2.31. The maximum atomic E-state index is 13.0. The zero-order valence-corrected chi connectivity index (χ0v) is 14.1. The molecule has 0 radical (unpaired) electrons. The van der Waals surface area contributed by atoms with Crippen molar-refractivity contribution in [3.8, 4) is 0 Å². The quantitative estimate of drug-likeness (QED) is 0.786. The van der Waals surface area contributed by atoms with Gasteiger partial charge in [0.15, 0.2) is 0 Å². The summed E-state index contributed by atoms with van der Waals surface area (Å²) in [5, 5.41) is 0. The molecule has 5 heteroatoms. The Hall–Kier alpha value is -2.82. The van der Waals surface area contributed by atoms with Gasteiger partial charge in [-0.05, 0) is 31.0 Å². The van der Waals surface area contributed by atoms with Crippen LogP contribution in [0.15, 0.2) is 66.0 Å². The second-order valence-corrected chi connectivity index (χ2v) is 6.15. The summed E-state index contributed by atoms with van der Waals surface area (Å²) in [5.41, 5.74) is 1.44. The van der Waals surface area contributed by atoms with Gasteiger partial charge in [0.1, 0.15) is 6.26 Å². The largest absolute Gasteiger partial charge is 0.472 e. The molecule has 0 saturated carbocycles. The van der Waals surface area contributed by atoms with E-state index in [1.165, 1.54) is 12.5 Å². The fraction of sp³-hybridized carbons (Fsp3) is 0.300. The fourth-order valence-corrected chi connectivity index (χ4v) is 3.18. The number of hydrogen-bond acceptors (Lipinski definition) is 3. The number of amides is 2. The Balaban J connectivity index is 1.64. The van der Waals surface area contributed by atoms with Gasteiger partial charge in [0.05, 0.1) is 11.8 Å². The van der Waals surface area contributed by atoms with E-state index in [0.717, 1.165) is 5.69 Å². The first-order chi connectivity index (χ1) is 12.2. The number of furan rings is 1. The van der Waals surface area contributed by atoms with Gasteiger partial charge in [-0.1, -0.05) is 24.3 Å². The highest BCUT2D eigenvalue weighted by molar-refractivity contribution is 5.96. The molecule has 1 saturated heterocycles. The maximum Gasteiger partial charge on any atom is 0.257 e. The highest BCUT2D eigenvalue weighted by atomic mass is 16.3. The minimum absolute atomic E-state index is 0.0364. The van der Waals surface area contributed by atoms with Crippen LogP contribution in [0.4, 0.5) is 5.69 Å². The molecule has 130 valence electrons. The van der Waals surface area contributed by atoms with Gasteiger partial charge in [-0.25, -0.2) is 0 Å². The fourth-order valence-electron chi connectivity index (χ4n) is 3.18. The number of carbonyl (C=O) groups is 2. The summed E-state index contributed by atoms with van der Waals surface area (Å²) < 4.78 is 4.98. The van der Waals surface area contributed by atoms with Crippen LogP contribution in [0.1, 0.15) is 23.2 Å². The summed E-state index contributed by atoms with van der Waals surface area (Å²) in [6.07, 6.45) is 6.03. The number of hydrogen-bond donors (Lipinski definition) is 0. The zero-order chi connectivity index (χ0) is 17.6. The molecule has 1 fully saturated rings. The summed E-state index contributed by atoms with van der Waals surface area (Å²) in [4.78, 5) is 28.9. The Morgan fingerprint density at radius 3 is 2.52 bits per heavy atom. The van der Waals surface area contributed by atoms with Gasteiger partial charge in [-0.15, -0.1) is 6.58 Å². The normalized spacial score (nSPS) is 15.0. The standard InChI is InChI=1S/C20H22N2O3/c1-2-11-22(18-6-4-3-5-7-18)20(24)16-8-12-21(13-9-16)19(23)17-10-14-25-15-17/h2-7,10,14-16H,1,8-9,11-13H2. The van der Waals surface area contributed by atoms with E-state index in [1.54, 1.807) is 21.9 Å². The molecule has 0 bridgehead atoms. The predicted octanol–water partition coefficient (Wildman–Crippen LogP) is 3.35. The summed E-state index contributed by atoms with van der Waals surface area (Å²) in [6, 6.07) is 11.3. The lowest BCUT2D eigenvalue weighted by Gasteiger charge is -2.34. The number of rotatable bonds is 5. The third-order valence-electron chi connectivity index (χ3n) is 4.55. The molecule has 2 amide bonds. The smallest absolute Gasteiger partial charge is 0.257 e. The van der Waals surface area contributed by atoms with E-state index in [1.807, 2.05) is 30.3 Å². The molecule has 0 atom stereocenters. The molecule has 2 heterocycles. The van der Waals surface area contributed by atoms with E-state index in [0.29, 0.717) is 38.0 Å². The van der Waals surface area contributed by atoms with E-state index in [9.17, 15) is 9.59 Å². The molecule has 1 aliphatic heterocycles. The van der Waals surface area contributed by atoms with Crippen LogP contribution in [-0.4, -0.2) is 36.3 Å². The van der Waals surface area contributed by atoms with Crippen molar-refractivity contribution in [2.75, 3.05) is 24.5 Å². The predicted molar refractivity (Wildman–Crippen MR) is 96.3 cm³/mol. The second kappa shape index (κ2) is 7.83. The molecular weight excluding hydrogens is 316 g/mol. The number of nitrogens with zero attached hydrogens (tertiary/aromatic N) is 2. The first-order valence-corrected chi connectivity index (χ1v) is 8.49. The number of para-hydroxylation sites is 1. The van der Waals surface area contributed by atoms with E-state index in [-0.39, 0.29) is 17.7 Å². The average molecular weight is 338 g/mol. The monoisotopic (exact) mass is 338 g/mol. The van der Waals surface area contributed by atoms with Gasteiger partial charge >= 0.3 is 0 Å². The number of piperidine rings is 1. The molecule has 0 spiro atoms. The van der Waals surface area contributed by atoms with Crippen molar-refractivity contribution in [1.82, 2.24) is 4.90 Å². The van der Waals surface area contributed by atoms with Crippen molar-refractivity contribution in [3.05, 3.63) is 67.1 Å². The SMILES string of the molecule is C=CCN(C(=O)C1CCN(C(=O)c2ccoc2)CC1)c1ccccc1. The van der Waals surface area contributed by atoms with Gasteiger partial charge in [-0.3, -0.25) is 9.59 Å². The van der Waals surface area contributed by atoms with Crippen LogP contribution in [0, 0.1) is 5.92 Å². The van der Waals surface area contributed by atoms with Crippen molar-refractivity contribution in [3.63, 3.8) is 0 Å². The number of likely N-dealkylation sites (tertiary alicyclic amines) is 1. The lowest BCUT2D eigenvalue weighted by atomic mass is 9.94. The minimum atomic E-state index is -0.0754. The summed E-state index contributed by atoms with van der Waals surface area (Å²) >= 11 is 0. The van der Waals surface area contributed by atoms with Crippen LogP contribution >= 0.6 is 0 Å². The van der Waals surface area contributed by atoms with Crippen molar-refractivity contribution in [2.24, 2.45) is 5.92 Å².